The average Bonchev–Trinajstić information content (AvgIpc) is 3.35. The number of urea groups is 1. The fourth-order valence-electron chi connectivity index (χ4n) is 4.30. The second-order valence-corrected chi connectivity index (χ2v) is 8.06. The maximum Gasteiger partial charge on any atom is 0.325 e. The van der Waals surface area contributed by atoms with E-state index in [0.717, 1.165) is 17.7 Å². The van der Waals surface area contributed by atoms with Gasteiger partial charge in [0.05, 0.1) is 21.3 Å². The van der Waals surface area contributed by atoms with Gasteiger partial charge in [0, 0.05) is 12.6 Å². The van der Waals surface area contributed by atoms with Crippen LogP contribution in [0.2, 0.25) is 0 Å². The molecule has 1 saturated heterocycles. The summed E-state index contributed by atoms with van der Waals surface area (Å²) in [6, 6.07) is 3.45. The lowest BCUT2D eigenvalue weighted by atomic mass is 9.97. The van der Waals surface area contributed by atoms with E-state index in [-0.39, 0.29) is 19.0 Å². The Labute approximate surface area is 186 Å². The first-order chi connectivity index (χ1) is 15.2. The predicted octanol–water partition coefficient (Wildman–Crippen LogP) is 1.46. The Morgan fingerprint density at radius 2 is 1.69 bits per heavy atom. The molecule has 0 aromatic heterocycles. The third-order valence-corrected chi connectivity index (χ3v) is 6.04. The molecule has 1 N–H and O–H groups in total. The van der Waals surface area contributed by atoms with Crippen LogP contribution in [0.15, 0.2) is 18.2 Å². The van der Waals surface area contributed by atoms with E-state index in [9.17, 15) is 19.2 Å². The standard InChI is InChI=1S/C22H29N3O7/c1-14(25-20(28)22(23-21(25)29)7-5-6-8-22)19(27)24(13-18(26)32-4)12-15-9-16(30-2)11-17(10-15)31-3/h9-11,14H,5-8,12-13H2,1-4H3,(H,23,29). The maximum absolute atomic E-state index is 13.4. The molecule has 4 amide bonds. The van der Waals surface area contributed by atoms with Crippen LogP contribution in [0.5, 0.6) is 11.5 Å². The van der Waals surface area contributed by atoms with Crippen molar-refractivity contribution in [2.45, 2.75) is 50.7 Å². The molecule has 1 aliphatic heterocycles. The Morgan fingerprint density at radius 1 is 1.09 bits per heavy atom. The third kappa shape index (κ3) is 4.49. The lowest BCUT2D eigenvalue weighted by Crippen LogP contribution is -2.51. The van der Waals surface area contributed by atoms with Crippen molar-refractivity contribution in [1.29, 1.82) is 0 Å². The van der Waals surface area contributed by atoms with Gasteiger partial charge in [0.2, 0.25) is 5.91 Å². The summed E-state index contributed by atoms with van der Waals surface area (Å²) in [7, 11) is 4.24. The average molecular weight is 447 g/mol. The number of imide groups is 1. The number of nitrogens with one attached hydrogen (secondary N) is 1. The second-order valence-electron chi connectivity index (χ2n) is 8.06. The molecule has 1 atom stereocenters. The van der Waals surface area contributed by atoms with Gasteiger partial charge in [-0.1, -0.05) is 12.8 Å². The predicted molar refractivity (Wildman–Crippen MR) is 113 cm³/mol. The monoisotopic (exact) mass is 447 g/mol. The minimum atomic E-state index is -1.08. The van der Waals surface area contributed by atoms with Crippen LogP contribution in [0.4, 0.5) is 4.79 Å². The van der Waals surface area contributed by atoms with Crippen molar-refractivity contribution in [1.82, 2.24) is 15.1 Å². The zero-order valence-electron chi connectivity index (χ0n) is 18.8. The minimum Gasteiger partial charge on any atom is -0.497 e. The summed E-state index contributed by atoms with van der Waals surface area (Å²) in [5.41, 5.74) is -0.269. The molecule has 1 heterocycles. The highest BCUT2D eigenvalue weighted by atomic mass is 16.5. The molecule has 0 radical (unpaired) electrons. The van der Waals surface area contributed by atoms with E-state index in [1.807, 2.05) is 0 Å². The number of carbonyl (C=O) groups is 4. The quantitative estimate of drug-likeness (QED) is 0.474. The molecule has 1 spiro atoms. The molecule has 1 aliphatic carbocycles. The minimum absolute atomic E-state index is 0.0284. The number of esters is 1. The second kappa shape index (κ2) is 9.46. The van der Waals surface area contributed by atoms with Gasteiger partial charge in [0.1, 0.15) is 29.6 Å². The molecule has 32 heavy (non-hydrogen) atoms. The SMILES string of the molecule is COC(=O)CN(Cc1cc(OC)cc(OC)c1)C(=O)C(C)N1C(=O)NC2(CCCC2)C1=O. The highest BCUT2D eigenvalue weighted by molar-refractivity contribution is 6.10. The van der Waals surface area contributed by atoms with Crippen molar-refractivity contribution in [3.63, 3.8) is 0 Å². The molecule has 1 aromatic carbocycles. The van der Waals surface area contributed by atoms with Gasteiger partial charge in [-0.05, 0) is 37.5 Å². The molecule has 2 aliphatic rings. The van der Waals surface area contributed by atoms with Gasteiger partial charge in [-0.15, -0.1) is 0 Å². The fourth-order valence-corrected chi connectivity index (χ4v) is 4.30. The molecule has 1 saturated carbocycles. The van der Waals surface area contributed by atoms with Crippen LogP contribution in [-0.2, 0) is 25.7 Å². The molecule has 1 unspecified atom stereocenters. The number of nitrogens with zero attached hydrogens (tertiary/aromatic N) is 2. The van der Waals surface area contributed by atoms with Gasteiger partial charge < -0.3 is 24.4 Å². The Kier molecular flexibility index (Phi) is 6.90. The van der Waals surface area contributed by atoms with Crippen LogP contribution in [0, 0.1) is 0 Å². The maximum atomic E-state index is 13.4. The van der Waals surface area contributed by atoms with E-state index in [0.29, 0.717) is 29.9 Å². The molecule has 2 fully saturated rings. The zero-order chi connectivity index (χ0) is 23.5. The molecule has 10 nitrogen and oxygen atoms in total. The first kappa shape index (κ1) is 23.4. The smallest absolute Gasteiger partial charge is 0.325 e. The van der Waals surface area contributed by atoms with Crippen molar-refractivity contribution < 1.29 is 33.4 Å². The van der Waals surface area contributed by atoms with Crippen molar-refractivity contribution in [2.75, 3.05) is 27.9 Å². The number of benzene rings is 1. The summed E-state index contributed by atoms with van der Waals surface area (Å²) < 4.78 is 15.3. The van der Waals surface area contributed by atoms with Crippen molar-refractivity contribution in [3.05, 3.63) is 23.8 Å². The van der Waals surface area contributed by atoms with Crippen LogP contribution < -0.4 is 14.8 Å². The number of carbonyl (C=O) groups excluding carboxylic acids is 4. The van der Waals surface area contributed by atoms with E-state index in [1.54, 1.807) is 18.2 Å². The van der Waals surface area contributed by atoms with E-state index in [4.69, 9.17) is 14.2 Å². The normalized spacial score (nSPS) is 17.8. The van der Waals surface area contributed by atoms with Crippen molar-refractivity contribution >= 4 is 23.8 Å². The molecule has 3 rings (SSSR count). The summed E-state index contributed by atoms with van der Waals surface area (Å²) in [5.74, 6) is -0.507. The van der Waals surface area contributed by atoms with Crippen LogP contribution >= 0.6 is 0 Å². The number of ether oxygens (including phenoxy) is 3. The topological polar surface area (TPSA) is 114 Å². The number of hydrogen-bond acceptors (Lipinski definition) is 7. The number of rotatable bonds is 8. The summed E-state index contributed by atoms with van der Waals surface area (Å²) in [6.07, 6.45) is 2.80. The molecule has 174 valence electrons. The molecule has 1 aromatic rings. The van der Waals surface area contributed by atoms with Crippen molar-refractivity contribution in [2.24, 2.45) is 0 Å². The lowest BCUT2D eigenvalue weighted by Gasteiger charge is -2.29. The summed E-state index contributed by atoms with van der Waals surface area (Å²) in [6.45, 7) is 1.18. The summed E-state index contributed by atoms with van der Waals surface area (Å²) in [4.78, 5) is 53.3. The number of hydrogen-bond donors (Lipinski definition) is 1. The Morgan fingerprint density at radius 3 is 2.22 bits per heavy atom. The molecular weight excluding hydrogens is 418 g/mol. The molecule has 10 heteroatoms. The highest BCUT2D eigenvalue weighted by Gasteiger charge is 2.54. The fraction of sp³-hybridized carbons (Fsp3) is 0.545. The first-order valence-corrected chi connectivity index (χ1v) is 10.5. The van der Waals surface area contributed by atoms with Gasteiger partial charge in [0.25, 0.3) is 5.91 Å². The van der Waals surface area contributed by atoms with E-state index in [2.05, 4.69) is 5.32 Å². The van der Waals surface area contributed by atoms with Crippen LogP contribution in [0.3, 0.4) is 0 Å². The number of methoxy groups -OCH3 is 3. The summed E-state index contributed by atoms with van der Waals surface area (Å²) >= 11 is 0. The summed E-state index contributed by atoms with van der Waals surface area (Å²) in [5, 5.41) is 2.78. The van der Waals surface area contributed by atoms with Crippen LogP contribution in [0.1, 0.15) is 38.2 Å². The van der Waals surface area contributed by atoms with E-state index < -0.39 is 29.5 Å². The Bertz CT molecular complexity index is 889. The van der Waals surface area contributed by atoms with Crippen LogP contribution in [-0.4, -0.2) is 73.1 Å². The van der Waals surface area contributed by atoms with Gasteiger partial charge in [-0.2, -0.15) is 0 Å². The van der Waals surface area contributed by atoms with E-state index >= 15 is 0 Å². The molecular formula is C22H29N3O7. The van der Waals surface area contributed by atoms with Crippen molar-refractivity contribution in [3.8, 4) is 11.5 Å². The third-order valence-electron chi connectivity index (χ3n) is 6.04. The van der Waals surface area contributed by atoms with E-state index in [1.165, 1.54) is 33.2 Å². The van der Waals surface area contributed by atoms with Gasteiger partial charge in [-0.25, -0.2) is 9.69 Å². The van der Waals surface area contributed by atoms with Crippen LogP contribution in [0.25, 0.3) is 0 Å². The zero-order valence-corrected chi connectivity index (χ0v) is 18.8. The molecule has 0 bridgehead atoms. The first-order valence-electron chi connectivity index (χ1n) is 10.5. The highest BCUT2D eigenvalue weighted by Crippen LogP contribution is 2.36. The Hall–Kier alpha value is -3.30. The van der Waals surface area contributed by atoms with Gasteiger partial charge >= 0.3 is 12.0 Å². The lowest BCUT2D eigenvalue weighted by molar-refractivity contribution is -0.150. The van der Waals surface area contributed by atoms with Gasteiger partial charge in [0.15, 0.2) is 0 Å². The van der Waals surface area contributed by atoms with Gasteiger partial charge in [-0.3, -0.25) is 14.4 Å². The number of amides is 4. The Balaban J connectivity index is 1.85. The largest absolute Gasteiger partial charge is 0.497 e.